The van der Waals surface area contributed by atoms with Crippen molar-refractivity contribution in [3.8, 4) is 0 Å². The lowest BCUT2D eigenvalue weighted by Gasteiger charge is -2.33. The highest BCUT2D eigenvalue weighted by Crippen LogP contribution is 2.23. The summed E-state index contributed by atoms with van der Waals surface area (Å²) >= 11 is 0. The lowest BCUT2D eigenvalue weighted by Crippen LogP contribution is -3.28. The third-order valence-corrected chi connectivity index (χ3v) is 5.76. The Morgan fingerprint density at radius 2 is 1.69 bits per heavy atom. The van der Waals surface area contributed by atoms with E-state index in [2.05, 4.69) is 24.0 Å². The highest BCUT2D eigenvalue weighted by Gasteiger charge is 2.36. The Bertz CT molecular complexity index is 879. The molecule has 4 heteroatoms. The lowest BCUT2D eigenvalue weighted by molar-refractivity contribution is -1.02. The van der Waals surface area contributed by atoms with Crippen molar-refractivity contribution < 1.29 is 14.6 Å². The SMILES string of the molecule is CC[NH+]1CC[NH+]([C@H](C(=O)c2c[nH]c3ccccc23)c2ccccc2)CC1. The normalized spacial score (nSPS) is 21.6. The minimum absolute atomic E-state index is 0.131. The van der Waals surface area contributed by atoms with Gasteiger partial charge in [0, 0.05) is 28.2 Å². The van der Waals surface area contributed by atoms with Gasteiger partial charge in [0.2, 0.25) is 5.78 Å². The number of nitrogens with one attached hydrogen (secondary N) is 3. The van der Waals surface area contributed by atoms with Crippen LogP contribution < -0.4 is 9.80 Å². The second-order valence-corrected chi connectivity index (χ2v) is 7.22. The molecule has 3 N–H and O–H groups in total. The van der Waals surface area contributed by atoms with E-state index in [-0.39, 0.29) is 11.8 Å². The molecule has 1 saturated heterocycles. The summed E-state index contributed by atoms with van der Waals surface area (Å²) in [6, 6.07) is 18.2. The number of aromatic nitrogens is 1. The number of hydrogen-bond acceptors (Lipinski definition) is 1. The van der Waals surface area contributed by atoms with Gasteiger partial charge in [-0.1, -0.05) is 48.5 Å². The van der Waals surface area contributed by atoms with Gasteiger partial charge < -0.3 is 14.8 Å². The molecule has 0 spiro atoms. The molecule has 134 valence electrons. The largest absolute Gasteiger partial charge is 0.360 e. The van der Waals surface area contributed by atoms with Gasteiger partial charge in [0.15, 0.2) is 6.04 Å². The minimum Gasteiger partial charge on any atom is -0.360 e. The maximum absolute atomic E-state index is 13.6. The van der Waals surface area contributed by atoms with Gasteiger partial charge in [-0.2, -0.15) is 0 Å². The number of quaternary nitrogens is 2. The van der Waals surface area contributed by atoms with E-state index in [0.29, 0.717) is 0 Å². The Balaban J connectivity index is 1.70. The van der Waals surface area contributed by atoms with Crippen molar-refractivity contribution >= 4 is 16.7 Å². The molecule has 0 unspecified atom stereocenters. The van der Waals surface area contributed by atoms with E-state index < -0.39 is 0 Å². The topological polar surface area (TPSA) is 41.7 Å². The number of carbonyl (C=O) groups is 1. The molecule has 2 heterocycles. The number of aromatic amines is 1. The Morgan fingerprint density at radius 3 is 2.42 bits per heavy atom. The average Bonchev–Trinajstić information content (AvgIpc) is 3.14. The number of hydrogen-bond donors (Lipinski definition) is 3. The quantitative estimate of drug-likeness (QED) is 0.589. The van der Waals surface area contributed by atoms with Crippen molar-refractivity contribution in [2.75, 3.05) is 32.7 Å². The second kappa shape index (κ2) is 7.44. The van der Waals surface area contributed by atoms with Crippen LogP contribution in [-0.2, 0) is 0 Å². The third kappa shape index (κ3) is 3.18. The van der Waals surface area contributed by atoms with E-state index in [9.17, 15) is 4.79 Å². The number of fused-ring (bicyclic) bond motifs is 1. The van der Waals surface area contributed by atoms with Gasteiger partial charge in [0.25, 0.3) is 0 Å². The molecule has 1 aliphatic rings. The van der Waals surface area contributed by atoms with E-state index in [1.165, 1.54) is 11.4 Å². The van der Waals surface area contributed by atoms with Crippen LogP contribution in [0.25, 0.3) is 10.9 Å². The number of piperazine rings is 1. The number of para-hydroxylation sites is 1. The first-order valence-electron chi connectivity index (χ1n) is 9.61. The molecule has 0 amide bonds. The van der Waals surface area contributed by atoms with E-state index in [0.717, 1.165) is 48.2 Å². The predicted molar refractivity (Wildman–Crippen MR) is 104 cm³/mol. The number of ketones is 1. The highest BCUT2D eigenvalue weighted by molar-refractivity contribution is 6.10. The first-order chi connectivity index (χ1) is 12.8. The van der Waals surface area contributed by atoms with Gasteiger partial charge in [-0.15, -0.1) is 0 Å². The molecular weight excluding hydrogens is 322 g/mol. The van der Waals surface area contributed by atoms with Crippen LogP contribution in [0.15, 0.2) is 60.8 Å². The van der Waals surface area contributed by atoms with E-state index in [4.69, 9.17) is 0 Å². The van der Waals surface area contributed by atoms with Crippen molar-refractivity contribution in [2.24, 2.45) is 0 Å². The summed E-state index contributed by atoms with van der Waals surface area (Å²) in [6.45, 7) is 7.76. The first kappa shape index (κ1) is 17.0. The molecule has 4 nitrogen and oxygen atoms in total. The molecule has 3 aromatic rings. The number of benzene rings is 2. The van der Waals surface area contributed by atoms with Crippen LogP contribution in [0.3, 0.4) is 0 Å². The monoisotopic (exact) mass is 349 g/mol. The van der Waals surface area contributed by atoms with Gasteiger partial charge in [0.05, 0.1) is 6.54 Å². The molecule has 1 atom stereocenters. The number of rotatable bonds is 5. The Hall–Kier alpha value is -2.43. The fraction of sp³-hybridized carbons (Fsp3) is 0.318. The van der Waals surface area contributed by atoms with Crippen LogP contribution in [0.2, 0.25) is 0 Å². The Kier molecular flexibility index (Phi) is 4.87. The van der Waals surface area contributed by atoms with Gasteiger partial charge in [-0.25, -0.2) is 0 Å². The van der Waals surface area contributed by atoms with Gasteiger partial charge >= 0.3 is 0 Å². The Morgan fingerprint density at radius 1 is 1.00 bits per heavy atom. The van der Waals surface area contributed by atoms with Crippen molar-refractivity contribution in [2.45, 2.75) is 13.0 Å². The van der Waals surface area contributed by atoms with Crippen molar-refractivity contribution in [3.05, 3.63) is 71.9 Å². The van der Waals surface area contributed by atoms with Gasteiger partial charge in [-0.05, 0) is 13.0 Å². The summed E-state index contributed by atoms with van der Waals surface area (Å²) in [5, 5.41) is 1.02. The number of carbonyl (C=O) groups excluding carboxylic acids is 1. The van der Waals surface area contributed by atoms with E-state index in [1.807, 2.05) is 48.7 Å². The fourth-order valence-electron chi connectivity index (χ4n) is 4.22. The van der Waals surface area contributed by atoms with Crippen LogP contribution in [0.5, 0.6) is 0 Å². The number of Topliss-reactive ketones (excluding diaryl/α,β-unsaturated/α-hetero) is 1. The number of H-pyrrole nitrogens is 1. The average molecular weight is 349 g/mol. The molecule has 0 bridgehead atoms. The molecule has 26 heavy (non-hydrogen) atoms. The van der Waals surface area contributed by atoms with Crippen LogP contribution >= 0.6 is 0 Å². The van der Waals surface area contributed by atoms with E-state index >= 15 is 0 Å². The maximum atomic E-state index is 13.6. The molecule has 1 fully saturated rings. The van der Waals surface area contributed by atoms with Crippen molar-refractivity contribution in [3.63, 3.8) is 0 Å². The standard InChI is InChI=1S/C22H25N3O/c1-2-24-12-14-25(15-13-24)21(17-8-4-3-5-9-17)22(26)19-16-23-20-11-7-6-10-18(19)20/h3-11,16,21,23H,2,12-15H2,1H3/p+2/t21-/m0/s1. The van der Waals surface area contributed by atoms with Crippen molar-refractivity contribution in [1.82, 2.24) is 4.98 Å². The number of likely N-dealkylation sites (N-methyl/N-ethyl adjacent to an activating group) is 1. The summed E-state index contributed by atoms with van der Waals surface area (Å²) in [6.07, 6.45) is 1.88. The predicted octanol–water partition coefficient (Wildman–Crippen LogP) is 0.895. The molecule has 1 aromatic heterocycles. The molecule has 2 aromatic carbocycles. The zero-order chi connectivity index (χ0) is 17.9. The maximum Gasteiger partial charge on any atom is 0.226 e. The lowest BCUT2D eigenvalue weighted by atomic mass is 9.95. The zero-order valence-electron chi connectivity index (χ0n) is 15.3. The Labute approximate surface area is 154 Å². The summed E-state index contributed by atoms with van der Waals surface area (Å²) in [7, 11) is 0. The fourth-order valence-corrected chi connectivity index (χ4v) is 4.22. The van der Waals surface area contributed by atoms with Gasteiger partial charge in [0.1, 0.15) is 26.2 Å². The summed E-state index contributed by atoms with van der Waals surface area (Å²) in [4.78, 5) is 19.9. The molecule has 0 aliphatic carbocycles. The van der Waals surface area contributed by atoms with Crippen LogP contribution in [-0.4, -0.2) is 43.5 Å². The van der Waals surface area contributed by atoms with E-state index in [1.54, 1.807) is 4.90 Å². The zero-order valence-corrected chi connectivity index (χ0v) is 15.3. The van der Waals surface area contributed by atoms with Crippen LogP contribution in [0.1, 0.15) is 28.9 Å². The molecule has 4 rings (SSSR count). The van der Waals surface area contributed by atoms with Crippen LogP contribution in [0.4, 0.5) is 0 Å². The molecule has 0 saturated carbocycles. The van der Waals surface area contributed by atoms with Crippen molar-refractivity contribution in [1.29, 1.82) is 0 Å². The molecule has 1 aliphatic heterocycles. The second-order valence-electron chi connectivity index (χ2n) is 7.22. The summed E-state index contributed by atoms with van der Waals surface area (Å²) in [5.74, 6) is 0.226. The molecule has 0 radical (unpaired) electrons. The molecular formula is C22H27N3O+2. The summed E-state index contributed by atoms with van der Waals surface area (Å²) < 4.78 is 0. The minimum atomic E-state index is -0.131. The first-order valence-corrected chi connectivity index (χ1v) is 9.61. The summed E-state index contributed by atoms with van der Waals surface area (Å²) in [5.41, 5.74) is 2.96. The smallest absolute Gasteiger partial charge is 0.226 e. The third-order valence-electron chi connectivity index (χ3n) is 5.76. The van der Waals surface area contributed by atoms with Crippen LogP contribution in [0, 0.1) is 0 Å². The highest BCUT2D eigenvalue weighted by atomic mass is 16.1. The van der Waals surface area contributed by atoms with Gasteiger partial charge in [-0.3, -0.25) is 4.79 Å².